The van der Waals surface area contributed by atoms with Crippen LogP contribution in [0.1, 0.15) is 32.8 Å². The van der Waals surface area contributed by atoms with Gasteiger partial charge in [0.1, 0.15) is 0 Å². The van der Waals surface area contributed by atoms with Gasteiger partial charge < -0.3 is 10.2 Å². The molecule has 0 aliphatic carbocycles. The molecule has 0 spiro atoms. The van der Waals surface area contributed by atoms with Gasteiger partial charge in [-0.15, -0.1) is 0 Å². The van der Waals surface area contributed by atoms with E-state index in [0.717, 1.165) is 11.3 Å². The molecule has 0 saturated heterocycles. The van der Waals surface area contributed by atoms with Gasteiger partial charge in [0, 0.05) is 35.8 Å². The molecule has 6 nitrogen and oxygen atoms in total. The average molecular weight is 435 g/mol. The second-order valence-corrected chi connectivity index (χ2v) is 10.2. The Morgan fingerprint density at radius 1 is 1.21 bits per heavy atom. The van der Waals surface area contributed by atoms with E-state index in [1.54, 1.807) is 41.3 Å². The highest BCUT2D eigenvalue weighted by Gasteiger charge is 2.32. The highest BCUT2D eigenvalue weighted by Crippen LogP contribution is 2.34. The van der Waals surface area contributed by atoms with Crippen LogP contribution in [0.5, 0.6) is 0 Å². The largest absolute Gasteiger partial charge is 0.326 e. The lowest BCUT2D eigenvalue weighted by molar-refractivity contribution is -0.117. The van der Waals surface area contributed by atoms with Gasteiger partial charge in [-0.2, -0.15) is 0 Å². The number of rotatable bonds is 5. The summed E-state index contributed by atoms with van der Waals surface area (Å²) in [5.74, 6) is -0.458. The van der Waals surface area contributed by atoms with Crippen molar-refractivity contribution in [1.82, 2.24) is 0 Å². The van der Waals surface area contributed by atoms with Crippen LogP contribution in [-0.4, -0.2) is 31.5 Å². The topological polar surface area (TPSA) is 83.6 Å². The minimum Gasteiger partial charge on any atom is -0.326 e. The molecule has 2 aromatic carbocycles. The molecule has 1 N–H and O–H groups in total. The minimum absolute atomic E-state index is 0.0111. The zero-order valence-electron chi connectivity index (χ0n) is 16.5. The van der Waals surface area contributed by atoms with E-state index in [4.69, 9.17) is 11.6 Å². The minimum atomic E-state index is -3.70. The maximum atomic E-state index is 13.0. The summed E-state index contributed by atoms with van der Waals surface area (Å²) in [6, 6.07) is 11.4. The first-order valence-electron chi connectivity index (χ1n) is 9.31. The van der Waals surface area contributed by atoms with Gasteiger partial charge in [-0.3, -0.25) is 9.59 Å². The van der Waals surface area contributed by atoms with Crippen molar-refractivity contribution in [3.63, 3.8) is 0 Å². The van der Waals surface area contributed by atoms with Crippen LogP contribution in [0.25, 0.3) is 0 Å². The molecular weight excluding hydrogens is 412 g/mol. The molecule has 3 rings (SSSR count). The Kier molecular flexibility index (Phi) is 6.00. The number of sulfone groups is 1. The molecule has 0 fully saturated rings. The summed E-state index contributed by atoms with van der Waals surface area (Å²) in [6.45, 7) is 4.95. The van der Waals surface area contributed by atoms with Gasteiger partial charge in [-0.1, -0.05) is 11.6 Å². The number of hydrogen-bond acceptors (Lipinski definition) is 4. The first-order chi connectivity index (χ1) is 13.6. The number of carbonyl (C=O) groups excluding carboxylic acids is 2. The SMILES string of the molecule is CC(=O)N1c2ccc(S(=O)(=O)C(C)CC(=O)Nc3ccc(Cl)cc3)cc2CC1C. The summed E-state index contributed by atoms with van der Waals surface area (Å²) in [4.78, 5) is 26.0. The number of halogens is 1. The summed E-state index contributed by atoms with van der Waals surface area (Å²) in [5.41, 5.74) is 2.13. The van der Waals surface area contributed by atoms with Crippen molar-refractivity contribution in [2.75, 3.05) is 10.2 Å². The maximum absolute atomic E-state index is 13.0. The van der Waals surface area contributed by atoms with Gasteiger partial charge in [0.25, 0.3) is 0 Å². The Morgan fingerprint density at radius 3 is 2.48 bits per heavy atom. The zero-order valence-corrected chi connectivity index (χ0v) is 18.0. The molecular formula is C21H23ClN2O4S. The van der Waals surface area contributed by atoms with E-state index in [2.05, 4.69) is 5.32 Å². The highest BCUT2D eigenvalue weighted by atomic mass is 35.5. The molecule has 2 unspecified atom stereocenters. The van der Waals surface area contributed by atoms with E-state index >= 15 is 0 Å². The van der Waals surface area contributed by atoms with Crippen molar-refractivity contribution in [1.29, 1.82) is 0 Å². The van der Waals surface area contributed by atoms with Crippen LogP contribution in [0.15, 0.2) is 47.4 Å². The monoisotopic (exact) mass is 434 g/mol. The van der Waals surface area contributed by atoms with Crippen LogP contribution in [0, 0.1) is 0 Å². The summed E-state index contributed by atoms with van der Waals surface area (Å²) in [6.07, 6.45) is 0.432. The lowest BCUT2D eigenvalue weighted by Crippen LogP contribution is -2.33. The third-order valence-corrected chi connectivity index (χ3v) is 7.45. The number of hydrogen-bond donors (Lipinski definition) is 1. The van der Waals surface area contributed by atoms with Gasteiger partial charge in [0.2, 0.25) is 11.8 Å². The van der Waals surface area contributed by atoms with Crippen molar-refractivity contribution in [2.24, 2.45) is 0 Å². The average Bonchev–Trinajstić information content (AvgIpc) is 2.98. The number of nitrogens with zero attached hydrogens (tertiary/aromatic N) is 1. The second kappa shape index (κ2) is 8.16. The number of benzene rings is 2. The molecule has 1 heterocycles. The molecule has 154 valence electrons. The van der Waals surface area contributed by atoms with E-state index in [-0.39, 0.29) is 29.2 Å². The second-order valence-electron chi connectivity index (χ2n) is 7.35. The Balaban J connectivity index is 1.75. The quantitative estimate of drug-likeness (QED) is 0.775. The fourth-order valence-electron chi connectivity index (χ4n) is 3.61. The number of fused-ring (bicyclic) bond motifs is 1. The van der Waals surface area contributed by atoms with Crippen molar-refractivity contribution >= 4 is 44.6 Å². The molecule has 0 radical (unpaired) electrons. The van der Waals surface area contributed by atoms with E-state index in [9.17, 15) is 18.0 Å². The Bertz CT molecular complexity index is 1050. The smallest absolute Gasteiger partial charge is 0.225 e. The van der Waals surface area contributed by atoms with Gasteiger partial charge >= 0.3 is 0 Å². The molecule has 29 heavy (non-hydrogen) atoms. The molecule has 8 heteroatoms. The Hall–Kier alpha value is -2.38. The van der Waals surface area contributed by atoms with Crippen LogP contribution in [0.4, 0.5) is 11.4 Å². The fourth-order valence-corrected chi connectivity index (χ4v) is 5.14. The highest BCUT2D eigenvalue weighted by molar-refractivity contribution is 7.92. The van der Waals surface area contributed by atoms with Crippen LogP contribution in [-0.2, 0) is 25.8 Å². The first kappa shape index (κ1) is 21.3. The predicted octanol–water partition coefficient (Wildman–Crippen LogP) is 3.83. The fraction of sp³-hybridized carbons (Fsp3) is 0.333. The molecule has 2 aromatic rings. The van der Waals surface area contributed by atoms with Gasteiger partial charge in [0.15, 0.2) is 9.84 Å². The maximum Gasteiger partial charge on any atom is 0.225 e. The Labute approximate surface area is 175 Å². The third kappa shape index (κ3) is 4.46. The van der Waals surface area contributed by atoms with Gasteiger partial charge in [-0.25, -0.2) is 8.42 Å². The van der Waals surface area contributed by atoms with Crippen molar-refractivity contribution in [3.05, 3.63) is 53.1 Å². The molecule has 2 atom stereocenters. The lowest BCUT2D eigenvalue weighted by atomic mass is 10.1. The lowest BCUT2D eigenvalue weighted by Gasteiger charge is -2.20. The van der Waals surface area contributed by atoms with E-state index in [1.807, 2.05) is 6.92 Å². The van der Waals surface area contributed by atoms with E-state index in [1.165, 1.54) is 19.9 Å². The summed E-state index contributed by atoms with van der Waals surface area (Å²) >= 11 is 5.82. The summed E-state index contributed by atoms with van der Waals surface area (Å²) in [7, 11) is -3.70. The molecule has 0 saturated carbocycles. The van der Waals surface area contributed by atoms with E-state index in [0.29, 0.717) is 17.1 Å². The summed E-state index contributed by atoms with van der Waals surface area (Å²) in [5, 5.41) is 2.34. The van der Waals surface area contributed by atoms with Gasteiger partial charge in [-0.05, 0) is 68.3 Å². The molecule has 0 bridgehead atoms. The third-order valence-electron chi connectivity index (χ3n) is 5.06. The normalized spacial score (nSPS) is 17.0. The number of amides is 2. The van der Waals surface area contributed by atoms with Crippen LogP contribution in [0.3, 0.4) is 0 Å². The van der Waals surface area contributed by atoms with Gasteiger partial charge in [0.05, 0.1) is 10.1 Å². The Morgan fingerprint density at radius 2 is 1.86 bits per heavy atom. The van der Waals surface area contributed by atoms with E-state index < -0.39 is 15.1 Å². The van der Waals surface area contributed by atoms with Crippen LogP contribution < -0.4 is 10.2 Å². The van der Waals surface area contributed by atoms with Crippen molar-refractivity contribution in [2.45, 2.75) is 49.8 Å². The van der Waals surface area contributed by atoms with Crippen LogP contribution in [0.2, 0.25) is 5.02 Å². The molecule has 1 aliphatic heterocycles. The van der Waals surface area contributed by atoms with Crippen LogP contribution >= 0.6 is 11.6 Å². The first-order valence-corrected chi connectivity index (χ1v) is 11.2. The number of carbonyl (C=O) groups is 2. The number of anilines is 2. The molecule has 1 aliphatic rings. The van der Waals surface area contributed by atoms with Crippen molar-refractivity contribution in [3.8, 4) is 0 Å². The zero-order chi connectivity index (χ0) is 21.3. The van der Waals surface area contributed by atoms with Crippen molar-refractivity contribution < 1.29 is 18.0 Å². The standard InChI is InChI=1S/C21H23ClN2O4S/c1-13-10-16-12-19(8-9-20(16)24(13)15(3)25)29(27,28)14(2)11-21(26)23-18-6-4-17(22)5-7-18/h4-9,12-14H,10-11H2,1-3H3,(H,23,26). The predicted molar refractivity (Wildman–Crippen MR) is 114 cm³/mol. The molecule has 2 amide bonds. The molecule has 0 aromatic heterocycles. The number of nitrogens with one attached hydrogen (secondary N) is 1. The summed E-state index contributed by atoms with van der Waals surface area (Å²) < 4.78 is 26.0.